The predicted molar refractivity (Wildman–Crippen MR) is 36.3 cm³/mol. The molecular weight excluding hydrogens is 132 g/mol. The first-order valence-electron chi connectivity index (χ1n) is 2.94. The van der Waals surface area contributed by atoms with E-state index < -0.39 is 5.97 Å². The number of carboxylic acid groups (broad SMARTS) is 1. The first-order valence-corrected chi connectivity index (χ1v) is 2.94. The maximum absolute atomic E-state index is 9.94. The smallest absolute Gasteiger partial charge is 0.303 e. The molecule has 0 aromatic carbocycles. The van der Waals surface area contributed by atoms with Gasteiger partial charge in [-0.15, -0.1) is 0 Å². The van der Waals surface area contributed by atoms with Crippen LogP contribution in [0.2, 0.25) is 0 Å². The van der Waals surface area contributed by atoms with Crippen LogP contribution in [-0.4, -0.2) is 17.4 Å². The number of hydrogen-bond donors (Lipinski definition) is 1. The molecule has 0 amide bonds. The summed E-state index contributed by atoms with van der Waals surface area (Å²) >= 11 is 0. The maximum atomic E-state index is 9.94. The highest BCUT2D eigenvalue weighted by molar-refractivity contribution is 5.73. The molecule has 0 atom stereocenters. The normalized spacial score (nSPS) is 8.80. The molecular formula is C7H9O3. The molecule has 0 spiro atoms. The molecule has 3 heteroatoms. The molecule has 0 aliphatic rings. The summed E-state index contributed by atoms with van der Waals surface area (Å²) in [6.45, 7) is 3.35. The molecule has 0 aliphatic carbocycles. The van der Waals surface area contributed by atoms with E-state index in [1.165, 1.54) is 0 Å². The highest BCUT2D eigenvalue weighted by atomic mass is 16.4. The van der Waals surface area contributed by atoms with Gasteiger partial charge in [-0.2, -0.15) is 0 Å². The third-order valence-corrected chi connectivity index (χ3v) is 1.01. The molecule has 0 bridgehead atoms. The molecule has 0 unspecified atom stereocenters. The molecule has 0 aliphatic heterocycles. The topological polar surface area (TPSA) is 54.4 Å². The van der Waals surface area contributed by atoms with Crippen molar-refractivity contribution in [1.82, 2.24) is 0 Å². The summed E-state index contributed by atoms with van der Waals surface area (Å²) in [5.74, 6) is -0.848. The summed E-state index contributed by atoms with van der Waals surface area (Å²) < 4.78 is 0. The minimum absolute atomic E-state index is 0.0840. The van der Waals surface area contributed by atoms with E-state index >= 15 is 0 Å². The van der Waals surface area contributed by atoms with Crippen LogP contribution in [0.15, 0.2) is 12.2 Å². The van der Waals surface area contributed by atoms with Gasteiger partial charge in [0.05, 0.1) is 0 Å². The van der Waals surface area contributed by atoms with Crippen LogP contribution in [0.3, 0.4) is 0 Å². The average molecular weight is 141 g/mol. The number of carbonyl (C=O) groups excluding carboxylic acids is 1. The second-order valence-electron chi connectivity index (χ2n) is 1.95. The van der Waals surface area contributed by atoms with E-state index in [2.05, 4.69) is 6.58 Å². The highest BCUT2D eigenvalue weighted by Gasteiger charge is 1.97. The fraction of sp³-hybridized carbons (Fsp3) is 0.429. The van der Waals surface area contributed by atoms with Gasteiger partial charge >= 0.3 is 5.97 Å². The third-order valence-electron chi connectivity index (χ3n) is 1.01. The molecule has 10 heavy (non-hydrogen) atoms. The zero-order valence-corrected chi connectivity index (χ0v) is 5.59. The quantitative estimate of drug-likeness (QED) is 0.579. The van der Waals surface area contributed by atoms with Gasteiger partial charge in [0, 0.05) is 6.42 Å². The Labute approximate surface area is 59.4 Å². The van der Waals surface area contributed by atoms with Crippen molar-refractivity contribution in [1.29, 1.82) is 0 Å². The minimum Gasteiger partial charge on any atom is -0.481 e. The SMILES string of the molecule is C=C([C]=O)CCCC(=O)O. The van der Waals surface area contributed by atoms with Gasteiger partial charge in [0.2, 0.25) is 6.29 Å². The first-order chi connectivity index (χ1) is 4.66. The molecule has 55 valence electrons. The standard InChI is InChI=1S/C7H9O3/c1-6(5-8)3-2-4-7(9)10/h1-4H2,(H,9,10). The third kappa shape index (κ3) is 5.03. The van der Waals surface area contributed by atoms with Gasteiger partial charge in [-0.25, -0.2) is 0 Å². The summed E-state index contributed by atoms with van der Waals surface area (Å²) in [4.78, 5) is 19.7. The molecule has 0 aromatic heterocycles. The number of rotatable bonds is 5. The second-order valence-corrected chi connectivity index (χ2v) is 1.95. The Morgan fingerprint density at radius 3 is 2.50 bits per heavy atom. The fourth-order valence-corrected chi connectivity index (χ4v) is 0.504. The summed E-state index contributed by atoms with van der Waals surface area (Å²) in [6, 6.07) is 0. The van der Waals surface area contributed by atoms with Crippen LogP contribution in [0.1, 0.15) is 19.3 Å². The fourth-order valence-electron chi connectivity index (χ4n) is 0.504. The molecule has 1 N–H and O–H groups in total. The molecule has 0 fully saturated rings. The Bertz CT molecular complexity index is 149. The lowest BCUT2D eigenvalue weighted by molar-refractivity contribution is -0.137. The molecule has 0 saturated heterocycles. The number of carboxylic acids is 1. The molecule has 0 heterocycles. The van der Waals surface area contributed by atoms with Crippen LogP contribution in [-0.2, 0) is 9.59 Å². The minimum atomic E-state index is -0.848. The van der Waals surface area contributed by atoms with Crippen molar-refractivity contribution in [2.75, 3.05) is 0 Å². The van der Waals surface area contributed by atoms with E-state index in [-0.39, 0.29) is 6.42 Å². The van der Waals surface area contributed by atoms with E-state index in [4.69, 9.17) is 5.11 Å². The largest absolute Gasteiger partial charge is 0.481 e. The van der Waals surface area contributed by atoms with Crippen LogP contribution >= 0.6 is 0 Å². The van der Waals surface area contributed by atoms with Gasteiger partial charge < -0.3 is 5.11 Å². The number of aliphatic carboxylic acids is 1. The lowest BCUT2D eigenvalue weighted by Gasteiger charge is -1.92. The Kier molecular flexibility index (Phi) is 4.20. The van der Waals surface area contributed by atoms with Gasteiger partial charge in [-0.3, -0.25) is 9.59 Å². The Morgan fingerprint density at radius 1 is 1.50 bits per heavy atom. The van der Waals surface area contributed by atoms with Crippen molar-refractivity contribution < 1.29 is 14.7 Å². The van der Waals surface area contributed by atoms with Crippen LogP contribution in [0.4, 0.5) is 0 Å². The van der Waals surface area contributed by atoms with Gasteiger partial charge in [-0.1, -0.05) is 6.58 Å². The van der Waals surface area contributed by atoms with Gasteiger partial charge in [0.25, 0.3) is 0 Å². The number of carbonyl (C=O) groups is 1. The number of allylic oxidation sites excluding steroid dienone is 1. The average Bonchev–Trinajstić information content (AvgIpc) is 1.87. The predicted octanol–water partition coefficient (Wildman–Crippen LogP) is 0.907. The Morgan fingerprint density at radius 2 is 2.10 bits per heavy atom. The molecule has 0 saturated carbocycles. The Balaban J connectivity index is 3.28. The molecule has 0 aromatic rings. The highest BCUT2D eigenvalue weighted by Crippen LogP contribution is 2.01. The van der Waals surface area contributed by atoms with E-state index in [1.54, 1.807) is 6.29 Å². The van der Waals surface area contributed by atoms with Crippen LogP contribution < -0.4 is 0 Å². The van der Waals surface area contributed by atoms with E-state index in [9.17, 15) is 9.59 Å². The summed E-state index contributed by atoms with van der Waals surface area (Å²) in [5.41, 5.74) is 0.334. The van der Waals surface area contributed by atoms with E-state index in [0.29, 0.717) is 18.4 Å². The lowest BCUT2D eigenvalue weighted by atomic mass is 10.1. The second kappa shape index (κ2) is 4.73. The van der Waals surface area contributed by atoms with Gasteiger partial charge in [0.15, 0.2) is 0 Å². The van der Waals surface area contributed by atoms with Crippen LogP contribution in [0.5, 0.6) is 0 Å². The molecule has 1 radical (unpaired) electrons. The number of hydrogen-bond acceptors (Lipinski definition) is 2. The monoisotopic (exact) mass is 141 g/mol. The molecule has 3 nitrogen and oxygen atoms in total. The van der Waals surface area contributed by atoms with Crippen LogP contribution in [0.25, 0.3) is 0 Å². The zero-order chi connectivity index (χ0) is 7.98. The van der Waals surface area contributed by atoms with E-state index in [1.807, 2.05) is 0 Å². The summed E-state index contributed by atoms with van der Waals surface area (Å²) in [6.07, 6.45) is 2.57. The zero-order valence-electron chi connectivity index (χ0n) is 5.59. The summed E-state index contributed by atoms with van der Waals surface area (Å²) in [5, 5.41) is 8.17. The van der Waals surface area contributed by atoms with Crippen molar-refractivity contribution in [3.05, 3.63) is 12.2 Å². The lowest BCUT2D eigenvalue weighted by Crippen LogP contribution is -1.94. The van der Waals surface area contributed by atoms with Gasteiger partial charge in [0.1, 0.15) is 0 Å². The van der Waals surface area contributed by atoms with Crippen molar-refractivity contribution in [2.45, 2.75) is 19.3 Å². The Hall–Kier alpha value is -1.12. The van der Waals surface area contributed by atoms with Crippen molar-refractivity contribution >= 4 is 12.3 Å². The first kappa shape index (κ1) is 8.88. The van der Waals surface area contributed by atoms with E-state index in [0.717, 1.165) is 0 Å². The molecule has 0 rings (SSSR count). The van der Waals surface area contributed by atoms with Crippen molar-refractivity contribution in [3.8, 4) is 0 Å². The van der Waals surface area contributed by atoms with Crippen molar-refractivity contribution in [3.63, 3.8) is 0 Å². The maximum Gasteiger partial charge on any atom is 0.303 e. The van der Waals surface area contributed by atoms with Gasteiger partial charge in [-0.05, 0) is 18.4 Å². The summed E-state index contributed by atoms with van der Waals surface area (Å²) in [7, 11) is 0. The van der Waals surface area contributed by atoms with Crippen LogP contribution in [0, 0.1) is 0 Å². The van der Waals surface area contributed by atoms with Crippen molar-refractivity contribution in [2.24, 2.45) is 0 Å².